The Hall–Kier alpha value is -6.76. The zero-order valence-electron chi connectivity index (χ0n) is 29.1. The molecule has 1 aliphatic carbocycles. The molecule has 53 heavy (non-hydrogen) atoms. The van der Waals surface area contributed by atoms with E-state index in [9.17, 15) is 0 Å². The maximum absolute atomic E-state index is 2.43. The molecule has 0 bridgehead atoms. The summed E-state index contributed by atoms with van der Waals surface area (Å²) < 4.78 is 0. The third-order valence-corrected chi connectivity index (χ3v) is 11.5. The van der Waals surface area contributed by atoms with Crippen LogP contribution in [0.25, 0.3) is 88.0 Å². The normalized spacial score (nSPS) is 12.5. The van der Waals surface area contributed by atoms with Crippen molar-refractivity contribution in [2.75, 3.05) is 0 Å². The van der Waals surface area contributed by atoms with Crippen LogP contribution >= 0.6 is 0 Å². The smallest absolute Gasteiger partial charge is 0.0352 e. The van der Waals surface area contributed by atoms with E-state index < -0.39 is 0 Å². The van der Waals surface area contributed by atoms with Gasteiger partial charge in [0, 0.05) is 5.92 Å². The van der Waals surface area contributed by atoms with Gasteiger partial charge in [-0.1, -0.05) is 182 Å². The van der Waals surface area contributed by atoms with E-state index in [0.717, 1.165) is 0 Å². The first-order valence-electron chi connectivity index (χ1n) is 18.5. The third kappa shape index (κ3) is 4.76. The van der Waals surface area contributed by atoms with Crippen LogP contribution in [0.3, 0.4) is 0 Å². The van der Waals surface area contributed by atoms with Crippen LogP contribution in [0.4, 0.5) is 0 Å². The molecule has 0 fully saturated rings. The fourth-order valence-corrected chi connectivity index (χ4v) is 9.08. The first-order chi connectivity index (χ1) is 26.3. The predicted octanol–water partition coefficient (Wildman–Crippen LogP) is 14.4. The number of hydrogen-bond donors (Lipinski definition) is 0. The summed E-state index contributed by atoms with van der Waals surface area (Å²) in [7, 11) is 0. The Labute approximate surface area is 309 Å². The van der Waals surface area contributed by atoms with E-state index >= 15 is 0 Å². The largest absolute Gasteiger partial charge is 0.0622 e. The molecule has 0 radical (unpaired) electrons. The summed E-state index contributed by atoms with van der Waals surface area (Å²) >= 11 is 0. The Morgan fingerprint density at radius 1 is 0.264 bits per heavy atom. The first-order valence-corrected chi connectivity index (χ1v) is 18.5. The maximum atomic E-state index is 2.43. The van der Waals surface area contributed by atoms with Crippen molar-refractivity contribution in [3.05, 3.63) is 217 Å². The van der Waals surface area contributed by atoms with Crippen molar-refractivity contribution < 1.29 is 0 Å². The molecular formula is C53H34. The molecule has 0 amide bonds. The molecule has 0 atom stereocenters. The molecular weight excluding hydrogens is 637 g/mol. The predicted molar refractivity (Wildman–Crippen MR) is 225 cm³/mol. The first kappa shape index (κ1) is 29.9. The lowest BCUT2D eigenvalue weighted by molar-refractivity contribution is 1.02. The van der Waals surface area contributed by atoms with Crippen LogP contribution in [0.2, 0.25) is 0 Å². The molecule has 0 heterocycles. The highest BCUT2D eigenvalue weighted by Gasteiger charge is 2.29. The van der Waals surface area contributed by atoms with Gasteiger partial charge in [-0.2, -0.15) is 0 Å². The van der Waals surface area contributed by atoms with Gasteiger partial charge >= 0.3 is 0 Å². The standard InChI is InChI=1S/C53H34/c1-3-12-34(13-4-1)40-31-41(35-14-5-2-6-15-35)33-42(32-40)44-27-23-37-24-28-49-43(26-22-36-25-29-50(44)53(37)52(36)49)38-16-11-17-39(30-38)51-47-20-9-7-18-45(47)46-19-8-10-21-48(46)51/h1-33,51H. The molecule has 0 heteroatoms. The second kappa shape index (κ2) is 11.9. The molecule has 246 valence electrons. The average molecular weight is 671 g/mol. The lowest BCUT2D eigenvalue weighted by Gasteiger charge is -2.19. The van der Waals surface area contributed by atoms with Crippen molar-refractivity contribution in [1.82, 2.24) is 0 Å². The number of fused-ring (bicyclic) bond motifs is 3. The molecule has 1 aliphatic rings. The summed E-state index contributed by atoms with van der Waals surface area (Å²) in [5, 5.41) is 7.80. The quantitative estimate of drug-likeness (QED) is 0.160. The topological polar surface area (TPSA) is 0 Å². The molecule has 0 aliphatic heterocycles. The minimum absolute atomic E-state index is 0.220. The molecule has 11 rings (SSSR count). The molecule has 10 aromatic rings. The summed E-state index contributed by atoms with van der Waals surface area (Å²) in [5.74, 6) is 0.220. The van der Waals surface area contributed by atoms with E-state index in [1.165, 1.54) is 105 Å². The maximum Gasteiger partial charge on any atom is 0.0352 e. The van der Waals surface area contributed by atoms with E-state index in [-0.39, 0.29) is 5.92 Å². The monoisotopic (exact) mass is 670 g/mol. The molecule has 0 aromatic heterocycles. The van der Waals surface area contributed by atoms with Crippen molar-refractivity contribution in [2.45, 2.75) is 5.92 Å². The van der Waals surface area contributed by atoms with Gasteiger partial charge in [-0.3, -0.25) is 0 Å². The lowest BCUT2D eigenvalue weighted by atomic mass is 9.85. The van der Waals surface area contributed by atoms with E-state index in [1.54, 1.807) is 0 Å². The van der Waals surface area contributed by atoms with Crippen LogP contribution in [-0.4, -0.2) is 0 Å². The van der Waals surface area contributed by atoms with Crippen molar-refractivity contribution in [1.29, 1.82) is 0 Å². The lowest BCUT2D eigenvalue weighted by Crippen LogP contribution is -1.99. The second-order valence-electron chi connectivity index (χ2n) is 14.4. The summed E-state index contributed by atoms with van der Waals surface area (Å²) in [6.07, 6.45) is 0. The summed E-state index contributed by atoms with van der Waals surface area (Å²) in [6.45, 7) is 0. The summed E-state index contributed by atoms with van der Waals surface area (Å²) in [6, 6.07) is 74.3. The molecule has 0 nitrogen and oxygen atoms in total. The van der Waals surface area contributed by atoms with Gasteiger partial charge in [0.2, 0.25) is 0 Å². The van der Waals surface area contributed by atoms with Crippen LogP contribution in [-0.2, 0) is 0 Å². The molecule has 0 saturated carbocycles. The van der Waals surface area contributed by atoms with E-state index in [4.69, 9.17) is 0 Å². The van der Waals surface area contributed by atoms with Crippen LogP contribution in [0.5, 0.6) is 0 Å². The Bertz CT molecular complexity index is 2880. The summed E-state index contributed by atoms with van der Waals surface area (Å²) in [5.41, 5.74) is 16.7. The fraction of sp³-hybridized carbons (Fsp3) is 0.0189. The van der Waals surface area contributed by atoms with Crippen molar-refractivity contribution >= 4 is 32.3 Å². The number of hydrogen-bond acceptors (Lipinski definition) is 0. The van der Waals surface area contributed by atoms with Crippen LogP contribution < -0.4 is 0 Å². The summed E-state index contributed by atoms with van der Waals surface area (Å²) in [4.78, 5) is 0. The third-order valence-electron chi connectivity index (χ3n) is 11.5. The van der Waals surface area contributed by atoms with E-state index in [2.05, 4.69) is 200 Å². The van der Waals surface area contributed by atoms with Gasteiger partial charge in [0.25, 0.3) is 0 Å². The van der Waals surface area contributed by atoms with E-state index in [1.807, 2.05) is 0 Å². The molecule has 0 N–H and O–H groups in total. The Morgan fingerprint density at radius 2 is 0.717 bits per heavy atom. The van der Waals surface area contributed by atoms with Crippen molar-refractivity contribution in [3.8, 4) is 55.6 Å². The molecule has 10 aromatic carbocycles. The average Bonchev–Trinajstić information content (AvgIpc) is 3.57. The van der Waals surface area contributed by atoms with Crippen molar-refractivity contribution in [3.63, 3.8) is 0 Å². The van der Waals surface area contributed by atoms with Crippen LogP contribution in [0.1, 0.15) is 22.6 Å². The van der Waals surface area contributed by atoms with Gasteiger partial charge in [-0.15, -0.1) is 0 Å². The minimum atomic E-state index is 0.220. The highest BCUT2D eigenvalue weighted by atomic mass is 14.3. The SMILES string of the molecule is c1ccc(-c2cc(-c3ccccc3)cc(-c3ccc4ccc5c(-c6cccc(C7c8ccccc8-c8ccccc87)c6)ccc6ccc3c4c65)c2)cc1. The van der Waals surface area contributed by atoms with Gasteiger partial charge < -0.3 is 0 Å². The molecule has 0 spiro atoms. The van der Waals surface area contributed by atoms with Crippen LogP contribution in [0, 0.1) is 0 Å². The molecule has 0 unspecified atom stereocenters. The van der Waals surface area contributed by atoms with Gasteiger partial charge in [0.15, 0.2) is 0 Å². The zero-order valence-corrected chi connectivity index (χ0v) is 29.1. The van der Waals surface area contributed by atoms with Crippen LogP contribution in [0.15, 0.2) is 200 Å². The zero-order chi connectivity index (χ0) is 34.9. The van der Waals surface area contributed by atoms with E-state index in [0.29, 0.717) is 0 Å². The second-order valence-corrected chi connectivity index (χ2v) is 14.4. The van der Waals surface area contributed by atoms with Gasteiger partial charge in [-0.25, -0.2) is 0 Å². The molecule has 0 saturated heterocycles. The van der Waals surface area contributed by atoms with Gasteiger partial charge in [-0.05, 0) is 123 Å². The highest BCUT2D eigenvalue weighted by Crippen LogP contribution is 2.49. The van der Waals surface area contributed by atoms with Crippen molar-refractivity contribution in [2.24, 2.45) is 0 Å². The number of rotatable bonds is 5. The van der Waals surface area contributed by atoms with Gasteiger partial charge in [0.05, 0.1) is 0 Å². The number of benzene rings is 10. The Balaban J connectivity index is 1.09. The minimum Gasteiger partial charge on any atom is -0.0622 e. The van der Waals surface area contributed by atoms with Gasteiger partial charge in [0.1, 0.15) is 0 Å². The fourth-order valence-electron chi connectivity index (χ4n) is 9.08. The Morgan fingerprint density at radius 3 is 1.28 bits per heavy atom. The highest BCUT2D eigenvalue weighted by molar-refractivity contribution is 6.27. The Kier molecular flexibility index (Phi) is 6.72.